The first-order chi connectivity index (χ1) is 13.1. The van der Waals surface area contributed by atoms with Gasteiger partial charge in [0.25, 0.3) is 0 Å². The monoisotopic (exact) mass is 412 g/mol. The van der Waals surface area contributed by atoms with Gasteiger partial charge in [-0.3, -0.25) is 0 Å². The van der Waals surface area contributed by atoms with Crippen LogP contribution in [0.15, 0.2) is 36.4 Å². The van der Waals surface area contributed by atoms with Crippen molar-refractivity contribution in [3.8, 4) is 33.8 Å². The molecule has 0 amide bonds. The lowest BCUT2D eigenvalue weighted by molar-refractivity contribution is 0.242. The molecule has 0 fully saturated rings. The third-order valence-corrected chi connectivity index (χ3v) is 5.46. The maximum Gasteiger partial charge on any atom is 0.173 e. The highest BCUT2D eigenvalue weighted by Gasteiger charge is 2.23. The maximum absolute atomic E-state index is 9.44. The Balaban J connectivity index is 0.00000225. The highest BCUT2D eigenvalue weighted by atomic mass is 35.5. The van der Waals surface area contributed by atoms with Gasteiger partial charge in [0.05, 0.1) is 11.7 Å². The fraction of sp³-hybridized carbons (Fsp3) is 0.286. The molecule has 0 aliphatic heterocycles. The van der Waals surface area contributed by atoms with Crippen LogP contribution in [-0.4, -0.2) is 15.5 Å². The van der Waals surface area contributed by atoms with E-state index in [0.29, 0.717) is 11.3 Å². The summed E-state index contributed by atoms with van der Waals surface area (Å²) < 4.78 is 10.3. The van der Waals surface area contributed by atoms with Gasteiger partial charge in [-0.1, -0.05) is 18.2 Å². The fourth-order valence-corrected chi connectivity index (χ4v) is 4.12. The molecule has 7 heteroatoms. The van der Waals surface area contributed by atoms with Crippen molar-refractivity contribution in [3.05, 3.63) is 53.1 Å². The average molecular weight is 413 g/mol. The van der Waals surface area contributed by atoms with Crippen LogP contribution in [0.25, 0.3) is 22.0 Å². The number of rotatable bonds is 4. The quantitative estimate of drug-likeness (QED) is 0.658. The summed E-state index contributed by atoms with van der Waals surface area (Å²) in [7, 11) is 0. The SMILES string of the molecule is CC(C)Oc1ccc(-c2nc(-c3cccc4c3CC[C@@H]4N)ns2)cc1C#N.Cl. The molecule has 1 atom stereocenters. The first kappa shape index (κ1) is 20.3. The molecule has 2 N–H and O–H groups in total. The van der Waals surface area contributed by atoms with Crippen molar-refractivity contribution in [1.29, 1.82) is 5.26 Å². The van der Waals surface area contributed by atoms with E-state index < -0.39 is 0 Å². The number of aromatic nitrogens is 2. The summed E-state index contributed by atoms with van der Waals surface area (Å²) in [6.45, 7) is 3.88. The van der Waals surface area contributed by atoms with E-state index in [4.69, 9.17) is 15.5 Å². The highest BCUT2D eigenvalue weighted by Crippen LogP contribution is 2.37. The van der Waals surface area contributed by atoms with Gasteiger partial charge in [-0.15, -0.1) is 12.4 Å². The Morgan fingerprint density at radius 3 is 2.86 bits per heavy atom. The van der Waals surface area contributed by atoms with Crippen LogP contribution in [0.1, 0.15) is 43.0 Å². The molecule has 0 unspecified atom stereocenters. The lowest BCUT2D eigenvalue weighted by Gasteiger charge is -2.11. The van der Waals surface area contributed by atoms with Crippen molar-refractivity contribution in [2.45, 2.75) is 38.8 Å². The number of ether oxygens (including phenoxy) is 1. The Labute approximate surface area is 174 Å². The standard InChI is InChI=1S/C21H20N4OS.ClH/c1-12(2)26-19-9-6-13(10-14(19)11-22)21-24-20(25-27-21)17-5-3-4-16-15(17)7-8-18(16)23;/h3-6,9-10,12,18H,7-8,23H2,1-2H3;1H/t18-;/m0./s1. The number of benzene rings is 2. The molecule has 1 aromatic heterocycles. The number of halogens is 1. The first-order valence-electron chi connectivity index (χ1n) is 8.99. The minimum absolute atomic E-state index is 0. The predicted octanol–water partition coefficient (Wildman–Crippen LogP) is 4.90. The van der Waals surface area contributed by atoms with E-state index in [1.807, 2.05) is 38.1 Å². The van der Waals surface area contributed by atoms with Gasteiger partial charge in [0.1, 0.15) is 16.8 Å². The number of fused-ring (bicyclic) bond motifs is 1. The lowest BCUT2D eigenvalue weighted by atomic mass is 10.0. The molecule has 144 valence electrons. The minimum atomic E-state index is 0. The van der Waals surface area contributed by atoms with Gasteiger partial charge >= 0.3 is 0 Å². The van der Waals surface area contributed by atoms with Crippen LogP contribution < -0.4 is 10.5 Å². The molecule has 5 nitrogen and oxygen atoms in total. The van der Waals surface area contributed by atoms with Crippen molar-refractivity contribution in [2.24, 2.45) is 5.73 Å². The van der Waals surface area contributed by atoms with Gasteiger partial charge in [-0.2, -0.15) is 9.64 Å². The second-order valence-electron chi connectivity index (χ2n) is 6.93. The van der Waals surface area contributed by atoms with Crippen LogP contribution >= 0.6 is 23.9 Å². The number of nitrogens with two attached hydrogens (primary N) is 1. The molecule has 0 bridgehead atoms. The summed E-state index contributed by atoms with van der Waals surface area (Å²) >= 11 is 1.34. The Morgan fingerprint density at radius 2 is 2.11 bits per heavy atom. The summed E-state index contributed by atoms with van der Waals surface area (Å²) in [5.74, 6) is 1.32. The number of hydrogen-bond donors (Lipinski definition) is 1. The molecular weight excluding hydrogens is 392 g/mol. The summed E-state index contributed by atoms with van der Waals surface area (Å²) in [5.41, 5.74) is 11.1. The van der Waals surface area contributed by atoms with E-state index in [2.05, 4.69) is 22.6 Å². The average Bonchev–Trinajstić information content (AvgIpc) is 3.29. The summed E-state index contributed by atoms with van der Waals surface area (Å²) in [4.78, 5) is 4.74. The van der Waals surface area contributed by atoms with Crippen molar-refractivity contribution >= 4 is 23.9 Å². The molecule has 1 aliphatic carbocycles. The van der Waals surface area contributed by atoms with E-state index >= 15 is 0 Å². The minimum Gasteiger partial charge on any atom is -0.490 e. The fourth-order valence-electron chi connectivity index (χ4n) is 3.45. The van der Waals surface area contributed by atoms with Gasteiger partial charge in [0.15, 0.2) is 5.82 Å². The predicted molar refractivity (Wildman–Crippen MR) is 114 cm³/mol. The lowest BCUT2D eigenvalue weighted by Crippen LogP contribution is -2.06. The van der Waals surface area contributed by atoms with Crippen molar-refractivity contribution < 1.29 is 4.74 Å². The Morgan fingerprint density at radius 1 is 1.29 bits per heavy atom. The Kier molecular flexibility index (Phi) is 5.99. The normalized spacial score (nSPS) is 15.0. The van der Waals surface area contributed by atoms with Gasteiger partial charge in [0, 0.05) is 17.2 Å². The Bertz CT molecular complexity index is 1040. The molecule has 1 aliphatic rings. The molecule has 0 saturated heterocycles. The molecular formula is C21H21ClN4OS. The summed E-state index contributed by atoms with van der Waals surface area (Å²) in [6, 6.07) is 14.0. The van der Waals surface area contributed by atoms with Crippen LogP contribution in [0.3, 0.4) is 0 Å². The molecule has 2 aromatic carbocycles. The van der Waals surface area contributed by atoms with E-state index in [9.17, 15) is 5.26 Å². The zero-order valence-corrected chi connectivity index (χ0v) is 17.3. The second-order valence-corrected chi connectivity index (χ2v) is 7.68. The van der Waals surface area contributed by atoms with E-state index in [1.54, 1.807) is 0 Å². The van der Waals surface area contributed by atoms with Crippen molar-refractivity contribution in [3.63, 3.8) is 0 Å². The van der Waals surface area contributed by atoms with Crippen LogP contribution in [0.4, 0.5) is 0 Å². The van der Waals surface area contributed by atoms with Crippen LogP contribution in [0.5, 0.6) is 5.75 Å². The highest BCUT2D eigenvalue weighted by molar-refractivity contribution is 7.09. The molecule has 1 heterocycles. The second kappa shape index (κ2) is 8.27. The van der Waals surface area contributed by atoms with Crippen LogP contribution in [0.2, 0.25) is 0 Å². The van der Waals surface area contributed by atoms with Crippen molar-refractivity contribution in [2.75, 3.05) is 0 Å². The molecule has 4 rings (SSSR count). The van der Waals surface area contributed by atoms with E-state index in [-0.39, 0.29) is 24.6 Å². The summed E-state index contributed by atoms with van der Waals surface area (Å²) in [6.07, 6.45) is 1.94. The van der Waals surface area contributed by atoms with Gasteiger partial charge in [-0.25, -0.2) is 4.98 Å². The number of hydrogen-bond acceptors (Lipinski definition) is 6. The van der Waals surface area contributed by atoms with Gasteiger partial charge < -0.3 is 10.5 Å². The Hall–Kier alpha value is -2.46. The topological polar surface area (TPSA) is 84.8 Å². The van der Waals surface area contributed by atoms with E-state index in [0.717, 1.165) is 34.8 Å². The molecule has 3 aromatic rings. The number of nitrogens with zero attached hydrogens (tertiary/aromatic N) is 3. The molecule has 28 heavy (non-hydrogen) atoms. The van der Waals surface area contributed by atoms with Gasteiger partial charge in [0.2, 0.25) is 0 Å². The first-order valence-corrected chi connectivity index (χ1v) is 9.76. The van der Waals surface area contributed by atoms with Crippen LogP contribution in [0, 0.1) is 11.3 Å². The zero-order valence-electron chi connectivity index (χ0n) is 15.7. The largest absolute Gasteiger partial charge is 0.490 e. The number of nitriles is 1. The van der Waals surface area contributed by atoms with Crippen LogP contribution in [-0.2, 0) is 6.42 Å². The molecule has 0 saturated carbocycles. The van der Waals surface area contributed by atoms with Gasteiger partial charge in [-0.05, 0) is 67.5 Å². The smallest absolute Gasteiger partial charge is 0.173 e. The summed E-state index contributed by atoms with van der Waals surface area (Å²) in [5, 5.41) is 10.2. The molecule has 0 spiro atoms. The van der Waals surface area contributed by atoms with E-state index in [1.165, 1.54) is 22.7 Å². The third-order valence-electron chi connectivity index (χ3n) is 4.69. The van der Waals surface area contributed by atoms with Crippen molar-refractivity contribution in [1.82, 2.24) is 9.36 Å². The zero-order chi connectivity index (χ0) is 19.0. The molecule has 0 radical (unpaired) electrons. The maximum atomic E-state index is 9.44. The third kappa shape index (κ3) is 3.74.